The Kier molecular flexibility index (Phi) is 3.60. The third-order valence-electron chi connectivity index (χ3n) is 3.20. The number of hydrogen-bond donors (Lipinski definition) is 1. The van der Waals surface area contributed by atoms with Crippen LogP contribution >= 0.6 is 0 Å². The van der Waals surface area contributed by atoms with Gasteiger partial charge in [0.2, 0.25) is 0 Å². The average molecular weight is 241 g/mol. The molecule has 0 radical (unpaired) electrons. The van der Waals surface area contributed by atoms with E-state index in [4.69, 9.17) is 0 Å². The minimum atomic E-state index is 0.805. The van der Waals surface area contributed by atoms with E-state index in [-0.39, 0.29) is 0 Å². The minimum absolute atomic E-state index is 0.805. The Bertz CT molecular complexity index is 536. The summed E-state index contributed by atoms with van der Waals surface area (Å²) < 4.78 is 0. The predicted octanol–water partition coefficient (Wildman–Crippen LogP) is 3.36. The highest BCUT2D eigenvalue weighted by Gasteiger charge is 2.11. The molecule has 2 aromatic rings. The maximum Gasteiger partial charge on any atom is 0.162 e. The molecule has 0 saturated heterocycles. The largest absolute Gasteiger partial charge is 0.373 e. The topological polar surface area (TPSA) is 37.8 Å². The van der Waals surface area contributed by atoms with Gasteiger partial charge in [0.15, 0.2) is 5.82 Å². The molecule has 2 rings (SSSR count). The Morgan fingerprint density at radius 3 is 2.44 bits per heavy atom. The number of rotatable bonds is 3. The highest BCUT2D eigenvalue weighted by atomic mass is 15.0. The van der Waals surface area contributed by atoms with E-state index < -0.39 is 0 Å². The van der Waals surface area contributed by atoms with Crippen molar-refractivity contribution in [2.75, 3.05) is 12.4 Å². The maximum atomic E-state index is 4.68. The zero-order valence-corrected chi connectivity index (χ0v) is 11.4. The Hall–Kier alpha value is -1.90. The van der Waals surface area contributed by atoms with E-state index in [9.17, 15) is 0 Å². The van der Waals surface area contributed by atoms with Crippen molar-refractivity contribution in [1.29, 1.82) is 0 Å². The molecular formula is C15H19N3. The molecule has 1 aromatic heterocycles. The van der Waals surface area contributed by atoms with E-state index in [2.05, 4.69) is 48.2 Å². The average Bonchev–Trinajstić information content (AvgIpc) is 2.40. The van der Waals surface area contributed by atoms with Crippen LogP contribution in [0.4, 0.5) is 5.82 Å². The Balaban J connectivity index is 2.62. The van der Waals surface area contributed by atoms with E-state index in [0.29, 0.717) is 0 Å². The minimum Gasteiger partial charge on any atom is -0.373 e. The summed E-state index contributed by atoms with van der Waals surface area (Å²) in [4.78, 5) is 9.29. The van der Waals surface area contributed by atoms with Crippen LogP contribution in [0.5, 0.6) is 0 Å². The predicted molar refractivity (Wildman–Crippen MR) is 75.9 cm³/mol. The number of benzene rings is 1. The van der Waals surface area contributed by atoms with Gasteiger partial charge in [-0.1, -0.05) is 31.2 Å². The molecule has 3 nitrogen and oxygen atoms in total. The fourth-order valence-electron chi connectivity index (χ4n) is 2.09. The van der Waals surface area contributed by atoms with Crippen LogP contribution in [0.3, 0.4) is 0 Å². The van der Waals surface area contributed by atoms with Gasteiger partial charge in [0.05, 0.1) is 0 Å². The van der Waals surface area contributed by atoms with Crippen LogP contribution in [-0.4, -0.2) is 17.0 Å². The van der Waals surface area contributed by atoms with E-state index in [0.717, 1.165) is 34.9 Å². The molecule has 0 bridgehead atoms. The standard InChI is InChI=1S/C15H19N3/c1-5-13-11(3)14(16-4)18-15(17-13)12-9-7-6-8-10(12)2/h6-9H,5H2,1-4H3,(H,16,17,18). The first-order valence-electron chi connectivity index (χ1n) is 6.28. The first-order chi connectivity index (χ1) is 8.67. The Morgan fingerprint density at radius 2 is 1.83 bits per heavy atom. The highest BCUT2D eigenvalue weighted by molar-refractivity contribution is 5.63. The van der Waals surface area contributed by atoms with Gasteiger partial charge in [-0.05, 0) is 25.8 Å². The van der Waals surface area contributed by atoms with Gasteiger partial charge in [0.1, 0.15) is 5.82 Å². The summed E-state index contributed by atoms with van der Waals surface area (Å²) in [7, 11) is 1.90. The maximum absolute atomic E-state index is 4.68. The van der Waals surface area contributed by atoms with Crippen molar-refractivity contribution >= 4 is 5.82 Å². The SMILES string of the molecule is CCc1nc(-c2ccccc2C)nc(NC)c1C. The summed E-state index contributed by atoms with van der Waals surface area (Å²) in [6, 6.07) is 8.21. The second kappa shape index (κ2) is 5.17. The van der Waals surface area contributed by atoms with Crippen LogP contribution in [0, 0.1) is 13.8 Å². The molecule has 0 atom stereocenters. The molecule has 3 heteroatoms. The molecule has 0 saturated carbocycles. The zero-order valence-electron chi connectivity index (χ0n) is 11.4. The van der Waals surface area contributed by atoms with Crippen molar-refractivity contribution < 1.29 is 0 Å². The third-order valence-corrected chi connectivity index (χ3v) is 3.20. The lowest BCUT2D eigenvalue weighted by Gasteiger charge is -2.12. The lowest BCUT2D eigenvalue weighted by atomic mass is 10.1. The normalized spacial score (nSPS) is 10.4. The molecule has 1 aromatic carbocycles. The second-order valence-electron chi connectivity index (χ2n) is 4.39. The lowest BCUT2D eigenvalue weighted by molar-refractivity contribution is 0.976. The van der Waals surface area contributed by atoms with Crippen LogP contribution in [0.2, 0.25) is 0 Å². The van der Waals surface area contributed by atoms with Gasteiger partial charge < -0.3 is 5.32 Å². The fraction of sp³-hybridized carbons (Fsp3) is 0.333. The number of aromatic nitrogens is 2. The van der Waals surface area contributed by atoms with E-state index in [1.165, 1.54) is 5.56 Å². The van der Waals surface area contributed by atoms with Gasteiger partial charge >= 0.3 is 0 Å². The zero-order chi connectivity index (χ0) is 13.1. The summed E-state index contributed by atoms with van der Waals surface area (Å²) in [5.41, 5.74) is 4.54. The van der Waals surface area contributed by atoms with Gasteiger partial charge in [-0.2, -0.15) is 0 Å². The quantitative estimate of drug-likeness (QED) is 0.895. The van der Waals surface area contributed by atoms with Gasteiger partial charge in [-0.25, -0.2) is 9.97 Å². The molecule has 18 heavy (non-hydrogen) atoms. The van der Waals surface area contributed by atoms with Gasteiger partial charge in [-0.3, -0.25) is 0 Å². The molecular weight excluding hydrogens is 222 g/mol. The smallest absolute Gasteiger partial charge is 0.162 e. The number of hydrogen-bond acceptors (Lipinski definition) is 3. The first-order valence-corrected chi connectivity index (χ1v) is 6.28. The third kappa shape index (κ3) is 2.21. The van der Waals surface area contributed by atoms with Crippen LogP contribution < -0.4 is 5.32 Å². The van der Waals surface area contributed by atoms with Crippen molar-refractivity contribution in [3.05, 3.63) is 41.1 Å². The van der Waals surface area contributed by atoms with Gasteiger partial charge in [0.25, 0.3) is 0 Å². The molecule has 0 aliphatic carbocycles. The number of nitrogens with zero attached hydrogens (tertiary/aromatic N) is 2. The molecule has 0 aliphatic rings. The van der Waals surface area contributed by atoms with Crippen molar-refractivity contribution in [3.63, 3.8) is 0 Å². The number of anilines is 1. The molecule has 1 heterocycles. The summed E-state index contributed by atoms with van der Waals surface area (Å²) in [5.74, 6) is 1.72. The van der Waals surface area contributed by atoms with Crippen LogP contribution in [0.15, 0.2) is 24.3 Å². The molecule has 0 spiro atoms. The van der Waals surface area contributed by atoms with Crippen LogP contribution in [0.25, 0.3) is 11.4 Å². The Morgan fingerprint density at radius 1 is 1.11 bits per heavy atom. The van der Waals surface area contributed by atoms with Gasteiger partial charge in [-0.15, -0.1) is 0 Å². The molecule has 1 N–H and O–H groups in total. The van der Waals surface area contributed by atoms with Crippen molar-refractivity contribution in [1.82, 2.24) is 9.97 Å². The molecule has 0 fully saturated rings. The summed E-state index contributed by atoms with van der Waals surface area (Å²) in [6.07, 6.45) is 0.919. The monoisotopic (exact) mass is 241 g/mol. The molecule has 94 valence electrons. The van der Waals surface area contributed by atoms with Crippen LogP contribution in [0.1, 0.15) is 23.7 Å². The van der Waals surface area contributed by atoms with Crippen molar-refractivity contribution in [3.8, 4) is 11.4 Å². The van der Waals surface area contributed by atoms with Gasteiger partial charge in [0, 0.05) is 23.9 Å². The summed E-state index contributed by atoms with van der Waals surface area (Å²) >= 11 is 0. The van der Waals surface area contributed by atoms with Crippen LogP contribution in [-0.2, 0) is 6.42 Å². The summed E-state index contributed by atoms with van der Waals surface area (Å²) in [5, 5.41) is 3.15. The van der Waals surface area contributed by atoms with Crippen molar-refractivity contribution in [2.24, 2.45) is 0 Å². The van der Waals surface area contributed by atoms with Crippen molar-refractivity contribution in [2.45, 2.75) is 27.2 Å². The lowest BCUT2D eigenvalue weighted by Crippen LogP contribution is -2.05. The second-order valence-corrected chi connectivity index (χ2v) is 4.39. The number of nitrogens with one attached hydrogen (secondary N) is 1. The molecule has 0 unspecified atom stereocenters. The van der Waals surface area contributed by atoms with E-state index in [1.54, 1.807) is 0 Å². The van der Waals surface area contributed by atoms with E-state index in [1.807, 2.05) is 19.2 Å². The number of aryl methyl sites for hydroxylation is 2. The summed E-state index contributed by atoms with van der Waals surface area (Å²) in [6.45, 7) is 6.27. The molecule has 0 aliphatic heterocycles. The highest BCUT2D eigenvalue weighted by Crippen LogP contribution is 2.24. The van der Waals surface area contributed by atoms with E-state index >= 15 is 0 Å². The first kappa shape index (κ1) is 12.6. The molecule has 0 amide bonds. The Labute approximate surface area is 108 Å². The fourth-order valence-corrected chi connectivity index (χ4v) is 2.09.